The van der Waals surface area contributed by atoms with Crippen LogP contribution >= 0.6 is 0 Å². The highest BCUT2D eigenvalue weighted by atomic mass is 16.5. The summed E-state index contributed by atoms with van der Waals surface area (Å²) in [6, 6.07) is 15.0. The van der Waals surface area contributed by atoms with Gasteiger partial charge in [0.15, 0.2) is 0 Å². The summed E-state index contributed by atoms with van der Waals surface area (Å²) < 4.78 is 5.10. The number of benzene rings is 1. The van der Waals surface area contributed by atoms with Crippen molar-refractivity contribution >= 4 is 12.2 Å². The Morgan fingerprint density at radius 2 is 2.13 bits per heavy atom. The highest BCUT2D eigenvalue weighted by Gasteiger charge is 2.00. The van der Waals surface area contributed by atoms with Gasteiger partial charge >= 0.3 is 6.09 Å². The van der Waals surface area contributed by atoms with Gasteiger partial charge in [0, 0.05) is 12.7 Å². The normalized spacial score (nSPS) is 10.2. The first-order valence-electron chi connectivity index (χ1n) is 7.25. The minimum Gasteiger partial charge on any atom is -0.445 e. The third-order valence-corrected chi connectivity index (χ3v) is 3.00. The maximum atomic E-state index is 11.5. The summed E-state index contributed by atoms with van der Waals surface area (Å²) in [4.78, 5) is 15.4. The highest BCUT2D eigenvalue weighted by molar-refractivity contribution is 5.67. The number of nitriles is 1. The summed E-state index contributed by atoms with van der Waals surface area (Å²) >= 11 is 0. The number of amides is 1. The van der Waals surface area contributed by atoms with Crippen molar-refractivity contribution < 1.29 is 9.53 Å². The average molecular weight is 307 g/mol. The number of nitrogens with zero attached hydrogens (tertiary/aromatic N) is 2. The summed E-state index contributed by atoms with van der Waals surface area (Å²) in [5.74, 6) is 0. The van der Waals surface area contributed by atoms with Gasteiger partial charge in [-0.2, -0.15) is 5.26 Å². The van der Waals surface area contributed by atoms with E-state index in [1.807, 2.05) is 54.6 Å². The number of pyridine rings is 1. The molecule has 0 saturated carbocycles. The van der Waals surface area contributed by atoms with Gasteiger partial charge in [0.2, 0.25) is 0 Å². The van der Waals surface area contributed by atoms with Gasteiger partial charge in [-0.1, -0.05) is 42.5 Å². The predicted octanol–water partition coefficient (Wildman–Crippen LogP) is 3.28. The number of carbonyl (C=O) groups is 1. The molecule has 0 unspecified atom stereocenters. The van der Waals surface area contributed by atoms with Crippen LogP contribution in [0.3, 0.4) is 0 Å². The second-order valence-electron chi connectivity index (χ2n) is 4.77. The summed E-state index contributed by atoms with van der Waals surface area (Å²) in [7, 11) is 0. The van der Waals surface area contributed by atoms with Crippen LogP contribution in [0, 0.1) is 11.3 Å². The quantitative estimate of drug-likeness (QED) is 0.831. The molecule has 0 aliphatic heterocycles. The Morgan fingerprint density at radius 3 is 2.91 bits per heavy atom. The van der Waals surface area contributed by atoms with Gasteiger partial charge in [0.25, 0.3) is 0 Å². The first kappa shape index (κ1) is 16.2. The van der Waals surface area contributed by atoms with Crippen LogP contribution < -0.4 is 5.32 Å². The van der Waals surface area contributed by atoms with Crippen LogP contribution in [0.15, 0.2) is 54.7 Å². The van der Waals surface area contributed by atoms with Crippen LogP contribution in [-0.2, 0) is 11.3 Å². The molecule has 1 aromatic carbocycles. The van der Waals surface area contributed by atoms with Crippen molar-refractivity contribution in [3.63, 3.8) is 0 Å². The second kappa shape index (κ2) is 9.00. The van der Waals surface area contributed by atoms with E-state index < -0.39 is 6.09 Å². The molecule has 23 heavy (non-hydrogen) atoms. The molecule has 2 rings (SSSR count). The number of carbonyl (C=O) groups excluding carboxylic acids is 1. The van der Waals surface area contributed by atoms with Crippen molar-refractivity contribution in [1.82, 2.24) is 10.3 Å². The molecule has 1 heterocycles. The Labute approximate surface area is 135 Å². The molecule has 0 bridgehead atoms. The first-order chi connectivity index (χ1) is 11.3. The second-order valence-corrected chi connectivity index (χ2v) is 4.77. The van der Waals surface area contributed by atoms with Gasteiger partial charge in [-0.25, -0.2) is 9.78 Å². The van der Waals surface area contributed by atoms with Crippen LogP contribution in [-0.4, -0.2) is 17.6 Å². The molecule has 0 saturated heterocycles. The van der Waals surface area contributed by atoms with Crippen LogP contribution in [0.1, 0.15) is 23.2 Å². The number of aromatic nitrogens is 1. The third kappa shape index (κ3) is 6.02. The molecule has 0 fully saturated rings. The van der Waals surface area contributed by atoms with Crippen molar-refractivity contribution in [2.24, 2.45) is 0 Å². The van der Waals surface area contributed by atoms with Crippen molar-refractivity contribution in [2.75, 3.05) is 6.54 Å². The Balaban J connectivity index is 1.65. The van der Waals surface area contributed by atoms with E-state index in [9.17, 15) is 4.79 Å². The lowest BCUT2D eigenvalue weighted by molar-refractivity contribution is 0.140. The average Bonchev–Trinajstić information content (AvgIpc) is 2.61. The minimum atomic E-state index is -0.432. The molecular weight excluding hydrogens is 290 g/mol. The molecule has 1 amide bonds. The third-order valence-electron chi connectivity index (χ3n) is 3.00. The number of hydrogen-bond acceptors (Lipinski definition) is 4. The van der Waals surface area contributed by atoms with E-state index in [4.69, 9.17) is 10.00 Å². The lowest BCUT2D eigenvalue weighted by atomic mass is 10.2. The van der Waals surface area contributed by atoms with Crippen LogP contribution in [0.4, 0.5) is 4.79 Å². The maximum Gasteiger partial charge on any atom is 0.407 e. The largest absolute Gasteiger partial charge is 0.445 e. The zero-order valence-electron chi connectivity index (χ0n) is 12.6. The molecule has 1 aromatic heterocycles. The molecule has 0 aliphatic rings. The van der Waals surface area contributed by atoms with Gasteiger partial charge in [0.05, 0.1) is 0 Å². The zero-order chi connectivity index (χ0) is 16.3. The van der Waals surface area contributed by atoms with Crippen molar-refractivity contribution in [3.05, 3.63) is 71.6 Å². The van der Waals surface area contributed by atoms with E-state index in [0.717, 1.165) is 11.1 Å². The number of hydrogen-bond donors (Lipinski definition) is 1. The van der Waals surface area contributed by atoms with Gasteiger partial charge < -0.3 is 10.1 Å². The Hall–Kier alpha value is -3.13. The molecule has 0 spiro atoms. The molecule has 5 nitrogen and oxygen atoms in total. The minimum absolute atomic E-state index is 0.260. The van der Waals surface area contributed by atoms with Crippen molar-refractivity contribution in [1.29, 1.82) is 5.26 Å². The van der Waals surface area contributed by atoms with Crippen LogP contribution in [0.2, 0.25) is 0 Å². The van der Waals surface area contributed by atoms with Gasteiger partial charge in [0.1, 0.15) is 18.4 Å². The van der Waals surface area contributed by atoms with E-state index in [1.54, 1.807) is 12.3 Å². The van der Waals surface area contributed by atoms with Crippen molar-refractivity contribution in [3.8, 4) is 6.07 Å². The fourth-order valence-corrected chi connectivity index (χ4v) is 1.86. The van der Waals surface area contributed by atoms with E-state index in [1.165, 1.54) is 0 Å². The molecular formula is C18H17N3O2. The predicted molar refractivity (Wildman–Crippen MR) is 87.2 cm³/mol. The zero-order valence-corrected chi connectivity index (χ0v) is 12.6. The number of ether oxygens (including phenoxy) is 1. The monoisotopic (exact) mass is 307 g/mol. The molecule has 5 heteroatoms. The van der Waals surface area contributed by atoms with Gasteiger partial charge in [-0.05, 0) is 29.7 Å². The van der Waals surface area contributed by atoms with Gasteiger partial charge in [-0.15, -0.1) is 0 Å². The standard InChI is InChI=1S/C18H17N3O2/c19-13-17-12-15(9-11-20-17)6-4-5-10-21-18(22)23-14-16-7-2-1-3-8-16/h1-4,6-9,11-12H,5,10,14H2,(H,21,22). The number of alkyl carbamates (subject to hydrolysis) is 1. The lowest BCUT2D eigenvalue weighted by Gasteiger charge is -2.05. The van der Waals surface area contributed by atoms with Gasteiger partial charge in [-0.3, -0.25) is 0 Å². The van der Waals surface area contributed by atoms with Crippen LogP contribution in [0.25, 0.3) is 6.08 Å². The fourth-order valence-electron chi connectivity index (χ4n) is 1.86. The van der Waals surface area contributed by atoms with E-state index in [2.05, 4.69) is 10.3 Å². The molecule has 116 valence electrons. The van der Waals surface area contributed by atoms with Crippen LogP contribution in [0.5, 0.6) is 0 Å². The Bertz CT molecular complexity index is 706. The fraction of sp³-hybridized carbons (Fsp3) is 0.167. The van der Waals surface area contributed by atoms with E-state index >= 15 is 0 Å². The molecule has 2 aromatic rings. The molecule has 1 N–H and O–H groups in total. The Morgan fingerprint density at radius 1 is 1.30 bits per heavy atom. The molecule has 0 aliphatic carbocycles. The van der Waals surface area contributed by atoms with Crippen molar-refractivity contribution in [2.45, 2.75) is 13.0 Å². The van der Waals surface area contributed by atoms with E-state index in [0.29, 0.717) is 18.7 Å². The molecule has 0 radical (unpaired) electrons. The SMILES string of the molecule is N#Cc1cc(C=CCCNC(=O)OCc2ccccc2)ccn1. The summed E-state index contributed by atoms with van der Waals surface area (Å²) in [5.41, 5.74) is 2.24. The lowest BCUT2D eigenvalue weighted by Crippen LogP contribution is -2.24. The molecule has 0 atom stereocenters. The summed E-state index contributed by atoms with van der Waals surface area (Å²) in [6.45, 7) is 0.747. The van der Waals surface area contributed by atoms with E-state index in [-0.39, 0.29) is 6.61 Å². The topological polar surface area (TPSA) is 75.0 Å². The smallest absolute Gasteiger partial charge is 0.407 e. The number of rotatable bonds is 6. The first-order valence-corrected chi connectivity index (χ1v) is 7.25. The number of nitrogens with one attached hydrogen (secondary N) is 1. The Kier molecular flexibility index (Phi) is 6.36. The summed E-state index contributed by atoms with van der Waals surface area (Å²) in [6.07, 6.45) is 5.65. The maximum absolute atomic E-state index is 11.5. The summed E-state index contributed by atoms with van der Waals surface area (Å²) in [5, 5.41) is 11.5. The highest BCUT2D eigenvalue weighted by Crippen LogP contribution is 2.04.